The molecule has 2 aromatic heterocycles. The van der Waals surface area contributed by atoms with Gasteiger partial charge >= 0.3 is 5.97 Å². The fourth-order valence-electron chi connectivity index (χ4n) is 2.89. The third-order valence-corrected chi connectivity index (χ3v) is 4.22. The predicted molar refractivity (Wildman–Crippen MR) is 106 cm³/mol. The molecule has 146 valence electrons. The fraction of sp³-hybridized carbons (Fsp3) is 0.0952. The summed E-state index contributed by atoms with van der Waals surface area (Å²) in [7, 11) is 0. The van der Waals surface area contributed by atoms with E-state index in [9.17, 15) is 14.3 Å². The zero-order chi connectivity index (χ0) is 20.4. The molecule has 0 amide bonds. The van der Waals surface area contributed by atoms with Crippen LogP contribution in [0.25, 0.3) is 11.6 Å². The van der Waals surface area contributed by atoms with Gasteiger partial charge in [0.1, 0.15) is 5.82 Å². The van der Waals surface area contributed by atoms with Gasteiger partial charge in [0.2, 0.25) is 5.88 Å². The summed E-state index contributed by atoms with van der Waals surface area (Å²) in [6, 6.07) is 9.49. The van der Waals surface area contributed by atoms with E-state index in [1.54, 1.807) is 31.5 Å². The number of aromatic hydroxyl groups is 1. The number of nitrogens with zero attached hydrogens (tertiary/aromatic N) is 2. The second kappa shape index (κ2) is 7.59. The van der Waals surface area contributed by atoms with E-state index >= 15 is 0 Å². The summed E-state index contributed by atoms with van der Waals surface area (Å²) in [6.45, 7) is 1.74. The molecule has 0 saturated carbocycles. The van der Waals surface area contributed by atoms with E-state index < -0.39 is 17.5 Å². The molecule has 4 rings (SSSR count). The second-order valence-corrected chi connectivity index (χ2v) is 6.08. The molecule has 0 aliphatic carbocycles. The molecule has 0 bridgehead atoms. The second-order valence-electron chi connectivity index (χ2n) is 6.08. The molecule has 0 unspecified atom stereocenters. The minimum absolute atomic E-state index is 0.00467. The Morgan fingerprint density at radius 3 is 2.93 bits per heavy atom. The Morgan fingerprint density at radius 1 is 1.31 bits per heavy atom. The summed E-state index contributed by atoms with van der Waals surface area (Å²) in [4.78, 5) is 20.7. The first-order chi connectivity index (χ1) is 14.1. The predicted octanol–water partition coefficient (Wildman–Crippen LogP) is 4.70. The molecule has 3 heterocycles. The number of ether oxygens (including phenoxy) is 1. The van der Waals surface area contributed by atoms with E-state index in [0.717, 1.165) is 5.56 Å². The standard InChI is InChI=1S/C21H16FN3O4/c1-2-28-21(27)17-18(26)16(10-12-11-24-19-13(12)6-5-9-23-19)29-20(17)25-15-8-4-3-7-14(15)22/h3-11,25-26H,2H2,1H3. The first-order valence-electron chi connectivity index (χ1n) is 8.84. The van der Waals surface area contributed by atoms with E-state index in [1.807, 2.05) is 6.07 Å². The summed E-state index contributed by atoms with van der Waals surface area (Å²) in [5.41, 5.74) is 1.26. The minimum Gasteiger partial charge on any atom is -0.504 e. The van der Waals surface area contributed by atoms with Gasteiger partial charge in [0.05, 0.1) is 12.3 Å². The summed E-state index contributed by atoms with van der Waals surface area (Å²) in [5.74, 6) is -1.33. The summed E-state index contributed by atoms with van der Waals surface area (Å²) < 4.78 is 24.7. The Bertz CT molecular complexity index is 1150. The number of carbonyl (C=O) groups excluding carboxylic acids is 1. The Morgan fingerprint density at radius 2 is 2.14 bits per heavy atom. The highest BCUT2D eigenvalue weighted by Crippen LogP contribution is 2.39. The Labute approximate surface area is 165 Å². The van der Waals surface area contributed by atoms with Crippen LogP contribution in [-0.4, -0.2) is 28.9 Å². The van der Waals surface area contributed by atoms with Crippen LogP contribution in [0.15, 0.2) is 52.0 Å². The fourth-order valence-corrected chi connectivity index (χ4v) is 2.89. The van der Waals surface area contributed by atoms with Crippen LogP contribution in [0.2, 0.25) is 0 Å². The van der Waals surface area contributed by atoms with Gasteiger partial charge in [0.15, 0.2) is 22.9 Å². The van der Waals surface area contributed by atoms with Crippen LogP contribution >= 0.6 is 0 Å². The van der Waals surface area contributed by atoms with Crippen LogP contribution in [0.3, 0.4) is 0 Å². The van der Waals surface area contributed by atoms with E-state index in [-0.39, 0.29) is 29.5 Å². The zero-order valence-electron chi connectivity index (χ0n) is 15.3. The van der Waals surface area contributed by atoms with Crippen LogP contribution in [0.4, 0.5) is 21.8 Å². The molecule has 1 aliphatic heterocycles. The number of halogens is 1. The van der Waals surface area contributed by atoms with Crippen molar-refractivity contribution in [3.05, 3.63) is 65.3 Å². The molecule has 2 N–H and O–H groups in total. The molecule has 0 spiro atoms. The van der Waals surface area contributed by atoms with Crippen LogP contribution in [0.5, 0.6) is 5.75 Å². The smallest absolute Gasteiger partial charge is 0.347 e. The van der Waals surface area contributed by atoms with E-state index in [2.05, 4.69) is 15.3 Å². The maximum Gasteiger partial charge on any atom is 0.347 e. The van der Waals surface area contributed by atoms with Crippen molar-refractivity contribution >= 4 is 41.2 Å². The highest BCUT2D eigenvalue weighted by atomic mass is 19.1. The molecule has 3 aromatic rings. The van der Waals surface area contributed by atoms with Crippen LogP contribution in [-0.2, 0) is 4.74 Å². The number of aromatic nitrogens is 1. The Balaban J connectivity index is 1.78. The lowest BCUT2D eigenvalue weighted by atomic mass is 10.1. The van der Waals surface area contributed by atoms with E-state index in [1.165, 1.54) is 24.3 Å². The molecule has 0 atom stereocenters. The van der Waals surface area contributed by atoms with Gasteiger partial charge in [0, 0.05) is 23.5 Å². The van der Waals surface area contributed by atoms with Gasteiger partial charge in [0.25, 0.3) is 0 Å². The van der Waals surface area contributed by atoms with Gasteiger partial charge in [-0.1, -0.05) is 12.1 Å². The van der Waals surface area contributed by atoms with E-state index in [4.69, 9.17) is 9.15 Å². The number of esters is 1. The number of fused-ring (bicyclic) bond motifs is 1. The number of para-hydroxylation sites is 1. The highest BCUT2D eigenvalue weighted by Gasteiger charge is 2.27. The number of carbonyl (C=O) groups is 1. The van der Waals surface area contributed by atoms with Crippen molar-refractivity contribution in [3.8, 4) is 5.75 Å². The number of pyridine rings is 1. The first kappa shape index (κ1) is 18.4. The quantitative estimate of drug-likeness (QED) is 0.610. The lowest BCUT2D eigenvalue weighted by Gasteiger charge is -2.06. The molecule has 1 aliphatic rings. The largest absolute Gasteiger partial charge is 0.504 e. The number of furan rings is 1. The number of allylic oxidation sites excluding steroid dienone is 1. The molecule has 0 fully saturated rings. The number of benzene rings is 1. The molecule has 0 saturated heterocycles. The average Bonchev–Trinajstić information content (AvgIpc) is 3.25. The molecular formula is C21H16FN3O4. The molecule has 8 heteroatoms. The lowest BCUT2D eigenvalue weighted by molar-refractivity contribution is 0.0524. The number of anilines is 2. The molecule has 7 nitrogen and oxygen atoms in total. The molecule has 0 radical (unpaired) electrons. The van der Waals surface area contributed by atoms with Crippen molar-refractivity contribution in [3.63, 3.8) is 0 Å². The number of hydrogen-bond donors (Lipinski definition) is 2. The monoisotopic (exact) mass is 393 g/mol. The third-order valence-electron chi connectivity index (χ3n) is 4.22. The maximum absolute atomic E-state index is 14.0. The topological polar surface area (TPSA) is 97.0 Å². The number of rotatable bonds is 5. The van der Waals surface area contributed by atoms with Gasteiger partial charge in [-0.3, -0.25) is 0 Å². The average molecular weight is 393 g/mol. The van der Waals surface area contributed by atoms with Crippen molar-refractivity contribution in [2.75, 3.05) is 11.9 Å². The third kappa shape index (κ3) is 3.47. The summed E-state index contributed by atoms with van der Waals surface area (Å²) >= 11 is 0. The van der Waals surface area contributed by atoms with E-state index in [0.29, 0.717) is 11.4 Å². The number of aliphatic imine (C=N–C) groups is 1. The lowest BCUT2D eigenvalue weighted by Crippen LogP contribution is -2.06. The Hall–Kier alpha value is -3.94. The number of hydrogen-bond acceptors (Lipinski definition) is 7. The Kier molecular flexibility index (Phi) is 4.82. The zero-order valence-corrected chi connectivity index (χ0v) is 15.3. The van der Waals surface area contributed by atoms with Crippen LogP contribution < -0.4 is 5.32 Å². The van der Waals surface area contributed by atoms with Gasteiger partial charge in [-0.05, 0) is 37.3 Å². The highest BCUT2D eigenvalue weighted by molar-refractivity contribution is 6.21. The normalized spacial score (nSPS) is 13.5. The van der Waals surface area contributed by atoms with Crippen molar-refractivity contribution in [1.82, 2.24) is 4.98 Å². The van der Waals surface area contributed by atoms with Crippen molar-refractivity contribution < 1.29 is 23.4 Å². The van der Waals surface area contributed by atoms with Gasteiger partial charge in [-0.2, -0.15) is 0 Å². The van der Waals surface area contributed by atoms with Gasteiger partial charge < -0.3 is 19.6 Å². The maximum atomic E-state index is 14.0. The van der Waals surface area contributed by atoms with Gasteiger partial charge in [-0.15, -0.1) is 0 Å². The SMILES string of the molecule is CCOC(=O)c1c(Nc2ccccc2F)oc(C=C2C=Nc3ncccc32)c1O. The molecule has 29 heavy (non-hydrogen) atoms. The van der Waals surface area contributed by atoms with Crippen LogP contribution in [0, 0.1) is 5.82 Å². The van der Waals surface area contributed by atoms with Crippen LogP contribution in [0.1, 0.15) is 28.6 Å². The van der Waals surface area contributed by atoms with Crippen molar-refractivity contribution in [1.29, 1.82) is 0 Å². The minimum atomic E-state index is -0.792. The van der Waals surface area contributed by atoms with Crippen molar-refractivity contribution in [2.45, 2.75) is 6.92 Å². The molecule has 1 aromatic carbocycles. The summed E-state index contributed by atoms with van der Waals surface area (Å²) in [5, 5.41) is 13.3. The first-order valence-corrected chi connectivity index (χ1v) is 8.84. The van der Waals surface area contributed by atoms with Crippen molar-refractivity contribution in [2.24, 2.45) is 4.99 Å². The molecular weight excluding hydrogens is 377 g/mol. The number of nitrogens with one attached hydrogen (secondary N) is 1. The van der Waals surface area contributed by atoms with Gasteiger partial charge in [-0.25, -0.2) is 19.2 Å². The summed E-state index contributed by atoms with van der Waals surface area (Å²) in [6.07, 6.45) is 4.73.